The predicted octanol–water partition coefficient (Wildman–Crippen LogP) is -1.77. The molecule has 1 saturated heterocycles. The first-order valence-corrected chi connectivity index (χ1v) is 14.5. The van der Waals surface area contributed by atoms with Crippen LogP contribution in [0.3, 0.4) is 0 Å². The molecule has 2 aliphatic heterocycles. The van der Waals surface area contributed by atoms with Crippen molar-refractivity contribution in [3.8, 4) is 0 Å². The molecule has 4 aromatic rings. The number of anilines is 1. The second-order valence-electron chi connectivity index (χ2n) is 9.11. The molecule has 218 valence electrons. The number of nitrogens with two attached hydrogens (primary N) is 1. The van der Waals surface area contributed by atoms with Gasteiger partial charge in [-0.05, 0) is 11.8 Å². The molecule has 1 fully saturated rings. The summed E-state index contributed by atoms with van der Waals surface area (Å²) in [6.45, 7) is -6.07. The van der Waals surface area contributed by atoms with Crippen molar-refractivity contribution in [1.29, 1.82) is 0 Å². The summed E-state index contributed by atoms with van der Waals surface area (Å²) in [6, 6.07) is 1.16. The van der Waals surface area contributed by atoms with Crippen LogP contribution in [0.4, 0.5) is 5.82 Å². The number of hydrogen-bond donors (Lipinski definition) is 6. The van der Waals surface area contributed by atoms with Crippen molar-refractivity contribution in [3.05, 3.63) is 59.2 Å². The van der Waals surface area contributed by atoms with Crippen LogP contribution >= 0.6 is 6.72 Å². The first kappa shape index (κ1) is 27.6. The third-order valence-electron chi connectivity index (χ3n) is 6.72. The monoisotopic (exact) mass is 610 g/mol. The van der Waals surface area contributed by atoms with E-state index in [0.29, 0.717) is 0 Å². The first-order valence-electron chi connectivity index (χ1n) is 11.9. The molecule has 0 saturated carbocycles. The molecule has 2 aliphatic rings. The third-order valence-corrected chi connectivity index (χ3v) is 8.26. The zero-order valence-corrected chi connectivity index (χ0v) is 22.4. The molecule has 1 unspecified atom stereocenters. The maximum Gasteiger partial charge on any atom is 0.327 e. The van der Waals surface area contributed by atoms with Crippen molar-refractivity contribution in [2.24, 2.45) is 0 Å². The fourth-order valence-corrected chi connectivity index (χ4v) is 6.26. The van der Waals surface area contributed by atoms with Gasteiger partial charge in [-0.3, -0.25) is 22.9 Å². The summed E-state index contributed by atoms with van der Waals surface area (Å²) in [5.41, 5.74) is 3.81. The Morgan fingerprint density at radius 1 is 1.22 bits per heavy atom. The summed E-state index contributed by atoms with van der Waals surface area (Å²) >= 11 is 5.22. The largest absolute Gasteiger partial charge is 0.505 e. The average Bonchev–Trinajstić information content (AvgIpc) is 3.72. The van der Waals surface area contributed by atoms with Gasteiger partial charge in [0, 0.05) is 24.7 Å². The molecule has 0 aromatic carbocycles. The fourth-order valence-electron chi connectivity index (χ4n) is 4.71. The Hall–Kier alpha value is -3.52. The first-order chi connectivity index (χ1) is 19.6. The smallest absolute Gasteiger partial charge is 0.327 e. The standard InChI is InChI=1S/C21H23N8O10PS/c22-17-13-18(25-8-24-17)28(9-26-13)19-15(33)14(32)11(38-19)6-37-40(35,41)39-21(7-36-10(5-30)16(21)34)29-3-1-12(31)27-4-2-23-20(27)29/h1-4,8-9,11,14-15,19,30,32-34H,5-7H2,(H,35,41)(H2,22,24,25)/t11-,14-,15-,19-,21+,40?/m1/s1. The summed E-state index contributed by atoms with van der Waals surface area (Å²) in [4.78, 5) is 39.5. The number of aromatic nitrogens is 7. The number of nitrogen functional groups attached to an aromatic ring is 1. The summed E-state index contributed by atoms with van der Waals surface area (Å²) in [5.74, 6) is -0.789. The summed E-state index contributed by atoms with van der Waals surface area (Å²) in [5, 5.41) is 42.0. The number of aliphatic hydroxyl groups is 4. The molecule has 6 rings (SSSR count). The van der Waals surface area contributed by atoms with Crippen LogP contribution in [-0.4, -0.2) is 96.9 Å². The molecule has 6 heterocycles. The van der Waals surface area contributed by atoms with E-state index in [1.54, 1.807) is 0 Å². The number of hydrogen-bond acceptors (Lipinski definition) is 15. The maximum absolute atomic E-state index is 12.3. The normalized spacial score (nSPS) is 28.0. The lowest BCUT2D eigenvalue weighted by Crippen LogP contribution is -2.41. The van der Waals surface area contributed by atoms with E-state index in [2.05, 4.69) is 19.9 Å². The van der Waals surface area contributed by atoms with Gasteiger partial charge in [0.05, 0.1) is 12.9 Å². The van der Waals surface area contributed by atoms with Gasteiger partial charge in [0.15, 0.2) is 29.2 Å². The lowest BCUT2D eigenvalue weighted by molar-refractivity contribution is -0.0639. The second kappa shape index (κ2) is 10.1. The Bertz CT molecular complexity index is 1780. The van der Waals surface area contributed by atoms with Gasteiger partial charge in [0.1, 0.15) is 43.4 Å². The van der Waals surface area contributed by atoms with E-state index in [9.17, 15) is 30.1 Å². The van der Waals surface area contributed by atoms with Crippen LogP contribution in [-0.2, 0) is 36.1 Å². The number of aliphatic hydroxyl groups excluding tert-OH is 4. The molecule has 0 radical (unpaired) electrons. The Labute approximate surface area is 233 Å². The molecule has 20 heteroatoms. The van der Waals surface area contributed by atoms with Crippen LogP contribution in [0, 0.1) is 0 Å². The highest BCUT2D eigenvalue weighted by Crippen LogP contribution is 2.53. The van der Waals surface area contributed by atoms with Gasteiger partial charge < -0.3 is 45.1 Å². The quantitative estimate of drug-likeness (QED) is 0.121. The highest BCUT2D eigenvalue weighted by molar-refractivity contribution is 8.07. The molecule has 41 heavy (non-hydrogen) atoms. The van der Waals surface area contributed by atoms with Crippen molar-refractivity contribution >= 4 is 41.3 Å². The lowest BCUT2D eigenvalue weighted by Gasteiger charge is -2.33. The molecular formula is C21H23N8O10PS. The van der Waals surface area contributed by atoms with E-state index in [0.717, 1.165) is 10.5 Å². The molecular weight excluding hydrogens is 587 g/mol. The molecule has 0 bridgehead atoms. The minimum absolute atomic E-state index is 0.000595. The minimum Gasteiger partial charge on any atom is -0.505 e. The molecule has 18 nitrogen and oxygen atoms in total. The van der Waals surface area contributed by atoms with Gasteiger partial charge in [-0.15, -0.1) is 0 Å². The highest BCUT2D eigenvalue weighted by Gasteiger charge is 2.52. The summed E-state index contributed by atoms with van der Waals surface area (Å²) < 4.78 is 26.2. The van der Waals surface area contributed by atoms with E-state index < -0.39 is 68.1 Å². The molecule has 7 N–H and O–H groups in total. The number of rotatable bonds is 8. The summed E-state index contributed by atoms with van der Waals surface area (Å²) in [6.07, 6.45) is 1.17. The van der Waals surface area contributed by atoms with Gasteiger partial charge in [-0.2, -0.15) is 0 Å². The zero-order chi connectivity index (χ0) is 29.1. The third kappa shape index (κ3) is 4.47. The van der Waals surface area contributed by atoms with Crippen LogP contribution in [0.2, 0.25) is 0 Å². The topological polar surface area (TPSA) is 247 Å². The van der Waals surface area contributed by atoms with E-state index in [1.165, 1.54) is 40.4 Å². The zero-order valence-electron chi connectivity index (χ0n) is 20.7. The van der Waals surface area contributed by atoms with Crippen molar-refractivity contribution in [2.45, 2.75) is 30.3 Å². The Morgan fingerprint density at radius 3 is 2.78 bits per heavy atom. The van der Waals surface area contributed by atoms with Crippen LogP contribution in [0.5, 0.6) is 0 Å². The van der Waals surface area contributed by atoms with Gasteiger partial charge in [0.25, 0.3) is 11.3 Å². The average molecular weight is 611 g/mol. The van der Waals surface area contributed by atoms with Gasteiger partial charge in [-0.1, -0.05) is 0 Å². The molecule has 0 spiro atoms. The van der Waals surface area contributed by atoms with Crippen LogP contribution in [0.25, 0.3) is 16.9 Å². The van der Waals surface area contributed by atoms with Crippen molar-refractivity contribution in [2.75, 3.05) is 25.6 Å². The van der Waals surface area contributed by atoms with Crippen molar-refractivity contribution in [3.63, 3.8) is 0 Å². The van der Waals surface area contributed by atoms with Crippen LogP contribution < -0.4 is 11.3 Å². The minimum atomic E-state index is -4.33. The van der Waals surface area contributed by atoms with Crippen molar-refractivity contribution < 1.29 is 43.8 Å². The Kier molecular flexibility index (Phi) is 6.80. The second-order valence-corrected chi connectivity index (χ2v) is 11.9. The van der Waals surface area contributed by atoms with Crippen molar-refractivity contribution in [1.82, 2.24) is 33.5 Å². The van der Waals surface area contributed by atoms with E-state index in [-0.39, 0.29) is 28.5 Å². The Morgan fingerprint density at radius 2 is 2.02 bits per heavy atom. The number of nitrogens with zero attached hydrogens (tertiary/aromatic N) is 7. The van der Waals surface area contributed by atoms with Gasteiger partial charge >= 0.3 is 6.72 Å². The molecule has 6 atom stereocenters. The maximum atomic E-state index is 12.3. The van der Waals surface area contributed by atoms with E-state index in [1.807, 2.05) is 0 Å². The summed E-state index contributed by atoms with van der Waals surface area (Å²) in [7, 11) is 0. The lowest BCUT2D eigenvalue weighted by atomic mass is 10.1. The number of fused-ring (bicyclic) bond motifs is 2. The predicted molar refractivity (Wildman–Crippen MR) is 139 cm³/mol. The highest BCUT2D eigenvalue weighted by atomic mass is 32.5. The van der Waals surface area contributed by atoms with Crippen LogP contribution in [0.1, 0.15) is 6.23 Å². The molecule has 0 amide bonds. The van der Waals surface area contributed by atoms with Gasteiger partial charge in [0.2, 0.25) is 5.78 Å². The Balaban J connectivity index is 1.25. The molecule has 4 aromatic heterocycles. The fraction of sp³-hybridized carbons (Fsp3) is 0.381. The number of imidazole rings is 2. The van der Waals surface area contributed by atoms with Crippen LogP contribution in [0.15, 0.2) is 53.6 Å². The van der Waals surface area contributed by atoms with E-state index >= 15 is 0 Å². The van der Waals surface area contributed by atoms with Gasteiger partial charge in [-0.25, -0.2) is 19.9 Å². The molecule has 0 aliphatic carbocycles. The van der Waals surface area contributed by atoms with E-state index in [4.69, 9.17) is 36.1 Å². The number of ether oxygens (including phenoxy) is 2. The SMILES string of the molecule is Nc1ncnc2c1ncn2[C@@H]1O[C@H](COP(O)(=S)O[C@@]2(n3ccc(=O)n4ccnc34)COC(CO)=C2O)[C@@H](O)[C@H]1O.